The van der Waals surface area contributed by atoms with Crippen molar-refractivity contribution in [1.82, 2.24) is 5.32 Å². The zero-order chi connectivity index (χ0) is 15.5. The van der Waals surface area contributed by atoms with Crippen LogP contribution < -0.4 is 10.6 Å². The molecule has 1 aliphatic rings. The van der Waals surface area contributed by atoms with Gasteiger partial charge in [0.05, 0.1) is 17.4 Å². The van der Waals surface area contributed by atoms with Crippen LogP contribution in [0.15, 0.2) is 24.3 Å². The second-order valence-electron chi connectivity index (χ2n) is 5.83. The first-order valence-electron chi connectivity index (χ1n) is 7.19. The van der Waals surface area contributed by atoms with Crippen LogP contribution in [0.4, 0.5) is 5.69 Å². The van der Waals surface area contributed by atoms with Gasteiger partial charge in [-0.3, -0.25) is 4.79 Å². The molecule has 1 fully saturated rings. The van der Waals surface area contributed by atoms with Crippen molar-refractivity contribution in [3.8, 4) is 0 Å². The summed E-state index contributed by atoms with van der Waals surface area (Å²) >= 11 is 0. The lowest BCUT2D eigenvalue weighted by Gasteiger charge is -2.12. The standard InChI is InChI=1S/C15H22N2O3S/c1-11(2)16-9-12-4-3-5-14(8-12)17-15(18)13-6-7-21(19,20)10-13/h3-5,8,11,13,16H,6-7,9-10H2,1-2H3,(H,17,18). The van der Waals surface area contributed by atoms with Gasteiger partial charge in [-0.05, 0) is 24.1 Å². The van der Waals surface area contributed by atoms with Crippen LogP contribution in [0.5, 0.6) is 0 Å². The summed E-state index contributed by atoms with van der Waals surface area (Å²) in [6, 6.07) is 8.01. The summed E-state index contributed by atoms with van der Waals surface area (Å²) in [6.07, 6.45) is 0.419. The van der Waals surface area contributed by atoms with Crippen molar-refractivity contribution in [2.24, 2.45) is 5.92 Å². The molecule has 1 aromatic rings. The molecule has 0 spiro atoms. The predicted octanol–water partition coefficient (Wildman–Crippen LogP) is 1.56. The predicted molar refractivity (Wildman–Crippen MR) is 83.8 cm³/mol. The molecule has 1 atom stereocenters. The molecule has 1 unspecified atom stereocenters. The van der Waals surface area contributed by atoms with Gasteiger partial charge in [0.15, 0.2) is 9.84 Å². The first kappa shape index (κ1) is 16.0. The normalized spacial score (nSPS) is 20.6. The number of anilines is 1. The molecule has 0 radical (unpaired) electrons. The van der Waals surface area contributed by atoms with Crippen LogP contribution >= 0.6 is 0 Å². The molecule has 0 saturated carbocycles. The highest BCUT2D eigenvalue weighted by molar-refractivity contribution is 7.91. The summed E-state index contributed by atoms with van der Waals surface area (Å²) in [5.41, 5.74) is 1.80. The molecule has 1 aliphatic heterocycles. The molecule has 116 valence electrons. The molecule has 2 N–H and O–H groups in total. The lowest BCUT2D eigenvalue weighted by atomic mass is 10.1. The van der Waals surface area contributed by atoms with Gasteiger partial charge in [-0.15, -0.1) is 0 Å². The largest absolute Gasteiger partial charge is 0.326 e. The highest BCUT2D eigenvalue weighted by atomic mass is 32.2. The second-order valence-corrected chi connectivity index (χ2v) is 8.05. The van der Waals surface area contributed by atoms with E-state index in [1.807, 2.05) is 24.3 Å². The summed E-state index contributed by atoms with van der Waals surface area (Å²) in [5, 5.41) is 6.13. The van der Waals surface area contributed by atoms with Gasteiger partial charge < -0.3 is 10.6 Å². The lowest BCUT2D eigenvalue weighted by Crippen LogP contribution is -2.24. The van der Waals surface area contributed by atoms with Crippen LogP contribution in [-0.2, 0) is 21.2 Å². The van der Waals surface area contributed by atoms with E-state index in [1.165, 1.54) is 0 Å². The minimum Gasteiger partial charge on any atom is -0.326 e. The van der Waals surface area contributed by atoms with Gasteiger partial charge in [-0.1, -0.05) is 26.0 Å². The van der Waals surface area contributed by atoms with E-state index in [1.54, 1.807) is 0 Å². The summed E-state index contributed by atoms with van der Waals surface area (Å²) in [4.78, 5) is 12.1. The van der Waals surface area contributed by atoms with Crippen molar-refractivity contribution in [2.75, 3.05) is 16.8 Å². The molecule has 0 bridgehead atoms. The van der Waals surface area contributed by atoms with Gasteiger partial charge >= 0.3 is 0 Å². The number of carbonyl (C=O) groups is 1. The number of hydrogen-bond donors (Lipinski definition) is 2. The molecule has 1 saturated heterocycles. The van der Waals surface area contributed by atoms with E-state index in [0.29, 0.717) is 18.2 Å². The maximum absolute atomic E-state index is 12.1. The molecule has 0 aliphatic carbocycles. The van der Waals surface area contributed by atoms with Crippen molar-refractivity contribution >= 4 is 21.4 Å². The maximum atomic E-state index is 12.1. The molecule has 21 heavy (non-hydrogen) atoms. The average Bonchev–Trinajstić information content (AvgIpc) is 2.77. The second kappa shape index (κ2) is 6.58. The fourth-order valence-electron chi connectivity index (χ4n) is 2.33. The van der Waals surface area contributed by atoms with Gasteiger partial charge in [-0.25, -0.2) is 8.42 Å². The molecule has 1 aromatic carbocycles. The first-order valence-corrected chi connectivity index (χ1v) is 9.01. The Bertz CT molecular complexity index is 611. The van der Waals surface area contributed by atoms with Gasteiger partial charge in [0.1, 0.15) is 0 Å². The third-order valence-corrected chi connectivity index (χ3v) is 5.28. The minimum absolute atomic E-state index is 0.0343. The molecule has 0 aromatic heterocycles. The molecule has 2 rings (SSSR count). The van der Waals surface area contributed by atoms with E-state index in [0.717, 1.165) is 12.1 Å². The first-order chi connectivity index (χ1) is 9.85. The van der Waals surface area contributed by atoms with Gasteiger partial charge in [0.25, 0.3) is 0 Å². The number of nitrogens with one attached hydrogen (secondary N) is 2. The van der Waals surface area contributed by atoms with Crippen LogP contribution in [0, 0.1) is 5.92 Å². The van der Waals surface area contributed by atoms with Gasteiger partial charge in [0, 0.05) is 18.3 Å². The molecule has 6 heteroatoms. The van der Waals surface area contributed by atoms with E-state index >= 15 is 0 Å². The Morgan fingerprint density at radius 1 is 1.38 bits per heavy atom. The van der Waals surface area contributed by atoms with E-state index in [9.17, 15) is 13.2 Å². The number of amides is 1. The van der Waals surface area contributed by atoms with Gasteiger partial charge in [0.2, 0.25) is 5.91 Å². The average molecular weight is 310 g/mol. The Morgan fingerprint density at radius 3 is 2.76 bits per heavy atom. The van der Waals surface area contributed by atoms with Crippen molar-refractivity contribution in [3.05, 3.63) is 29.8 Å². The SMILES string of the molecule is CC(C)NCc1cccc(NC(=O)C2CCS(=O)(=O)C2)c1. The fraction of sp³-hybridized carbons (Fsp3) is 0.533. The zero-order valence-electron chi connectivity index (χ0n) is 12.4. The molecule has 1 heterocycles. The minimum atomic E-state index is -3.03. The molecular formula is C15H22N2O3S. The Kier molecular flexibility index (Phi) is 5.00. The summed E-state index contributed by atoms with van der Waals surface area (Å²) in [6.45, 7) is 4.89. The maximum Gasteiger partial charge on any atom is 0.228 e. The quantitative estimate of drug-likeness (QED) is 0.865. The van der Waals surface area contributed by atoms with Crippen LogP contribution in [0.2, 0.25) is 0 Å². The van der Waals surface area contributed by atoms with Crippen molar-refractivity contribution < 1.29 is 13.2 Å². The van der Waals surface area contributed by atoms with Crippen molar-refractivity contribution in [1.29, 1.82) is 0 Å². The smallest absolute Gasteiger partial charge is 0.228 e. The van der Waals surface area contributed by atoms with E-state index in [-0.39, 0.29) is 17.4 Å². The van der Waals surface area contributed by atoms with Crippen molar-refractivity contribution in [3.63, 3.8) is 0 Å². The van der Waals surface area contributed by atoms with E-state index in [4.69, 9.17) is 0 Å². The monoisotopic (exact) mass is 310 g/mol. The fourth-order valence-corrected chi connectivity index (χ4v) is 4.07. The zero-order valence-corrected chi connectivity index (χ0v) is 13.2. The number of rotatable bonds is 5. The Morgan fingerprint density at radius 2 is 2.14 bits per heavy atom. The molecule has 1 amide bonds. The van der Waals surface area contributed by atoms with Crippen LogP contribution in [0.3, 0.4) is 0 Å². The topological polar surface area (TPSA) is 75.3 Å². The molecular weight excluding hydrogens is 288 g/mol. The Hall–Kier alpha value is -1.40. The number of sulfone groups is 1. The van der Waals surface area contributed by atoms with Crippen molar-refractivity contribution in [2.45, 2.75) is 32.9 Å². The Labute approximate surface area is 126 Å². The highest BCUT2D eigenvalue weighted by Gasteiger charge is 2.32. The van der Waals surface area contributed by atoms with E-state index in [2.05, 4.69) is 24.5 Å². The van der Waals surface area contributed by atoms with Crippen LogP contribution in [0.1, 0.15) is 25.8 Å². The number of hydrogen-bond acceptors (Lipinski definition) is 4. The summed E-state index contributed by atoms with van der Waals surface area (Å²) in [7, 11) is -3.03. The lowest BCUT2D eigenvalue weighted by molar-refractivity contribution is -0.119. The highest BCUT2D eigenvalue weighted by Crippen LogP contribution is 2.20. The van der Waals surface area contributed by atoms with Crippen LogP contribution in [0.25, 0.3) is 0 Å². The Balaban J connectivity index is 1.96. The third-order valence-electron chi connectivity index (χ3n) is 3.51. The van der Waals surface area contributed by atoms with Crippen LogP contribution in [-0.4, -0.2) is 31.9 Å². The summed E-state index contributed by atoms with van der Waals surface area (Å²) < 4.78 is 22.8. The van der Waals surface area contributed by atoms with E-state index < -0.39 is 15.8 Å². The molecule has 5 nitrogen and oxygen atoms in total. The number of carbonyl (C=O) groups excluding carboxylic acids is 1. The summed E-state index contributed by atoms with van der Waals surface area (Å²) in [5.74, 6) is -0.547. The van der Waals surface area contributed by atoms with Gasteiger partial charge in [-0.2, -0.15) is 0 Å². The third kappa shape index (κ3) is 4.82. The number of benzene rings is 1.